The molecule has 8 nitrogen and oxygen atoms in total. The van der Waals surface area contributed by atoms with Crippen LogP contribution in [0, 0.1) is 5.41 Å². The third kappa shape index (κ3) is 5.76. The topological polar surface area (TPSA) is 97.4 Å². The van der Waals surface area contributed by atoms with Crippen LogP contribution >= 0.6 is 0 Å². The molecule has 1 heterocycles. The summed E-state index contributed by atoms with van der Waals surface area (Å²) >= 11 is 0. The van der Waals surface area contributed by atoms with Gasteiger partial charge >= 0.3 is 5.76 Å². The van der Waals surface area contributed by atoms with Gasteiger partial charge in [0.05, 0.1) is 6.54 Å². The first-order valence-electron chi connectivity index (χ1n) is 9.76. The summed E-state index contributed by atoms with van der Waals surface area (Å²) in [5.74, 6) is -1.27. The van der Waals surface area contributed by atoms with Crippen molar-refractivity contribution in [2.45, 2.75) is 77.9 Å². The van der Waals surface area contributed by atoms with Crippen molar-refractivity contribution < 1.29 is 14.0 Å². The summed E-state index contributed by atoms with van der Waals surface area (Å²) in [5.41, 5.74) is -0.175. The van der Waals surface area contributed by atoms with Gasteiger partial charge in [0.2, 0.25) is 12.2 Å². The molecule has 0 saturated heterocycles. The molecular weight excluding hydrogens is 348 g/mol. The van der Waals surface area contributed by atoms with E-state index in [1.165, 1.54) is 0 Å². The molecule has 1 unspecified atom stereocenters. The second-order valence-corrected chi connectivity index (χ2v) is 8.49. The molecule has 8 heteroatoms. The van der Waals surface area contributed by atoms with Crippen molar-refractivity contribution in [3.63, 3.8) is 0 Å². The van der Waals surface area contributed by atoms with Crippen LogP contribution in [0.15, 0.2) is 9.21 Å². The number of nitrogens with zero attached hydrogens (tertiary/aromatic N) is 3. The maximum Gasteiger partial charge on any atom is 0.437 e. The van der Waals surface area contributed by atoms with Gasteiger partial charge in [0.1, 0.15) is 6.04 Å². The predicted octanol–water partition coefficient (Wildman–Crippen LogP) is 1.83. The standard InChI is InChI=1S/C19H32N4O4/c1-19(2,3)12-15(22(13-24)14-8-6-5-7-9-14)16(25)17-21-23(11-10-20-4)18(26)27-17/h13-15,20H,5-12H2,1-4H3. The second kappa shape index (κ2) is 9.30. The molecule has 1 N–H and O–H groups in total. The van der Waals surface area contributed by atoms with Gasteiger partial charge in [-0.1, -0.05) is 40.0 Å². The minimum atomic E-state index is -0.679. The number of nitrogens with one attached hydrogen (secondary N) is 1. The normalized spacial score (nSPS) is 16.9. The number of rotatable bonds is 9. The third-order valence-electron chi connectivity index (χ3n) is 4.98. The SMILES string of the molecule is CNCCn1nc(C(=O)C(CC(C)(C)C)N(C=O)C2CCCCC2)oc1=O. The van der Waals surface area contributed by atoms with E-state index in [-0.39, 0.29) is 17.3 Å². The molecular formula is C19H32N4O4. The summed E-state index contributed by atoms with van der Waals surface area (Å²) < 4.78 is 6.27. The first-order valence-corrected chi connectivity index (χ1v) is 9.76. The largest absolute Gasteiger partial charge is 0.437 e. The van der Waals surface area contributed by atoms with Crippen LogP contribution < -0.4 is 11.1 Å². The number of likely N-dealkylation sites (N-methyl/N-ethyl adjacent to an activating group) is 1. The minimum Gasteiger partial charge on any atom is -0.384 e. The zero-order chi connectivity index (χ0) is 20.0. The highest BCUT2D eigenvalue weighted by Crippen LogP contribution is 2.30. The van der Waals surface area contributed by atoms with Gasteiger partial charge in [-0.05, 0) is 31.7 Å². The van der Waals surface area contributed by atoms with E-state index < -0.39 is 17.6 Å². The van der Waals surface area contributed by atoms with Crippen LogP contribution in [-0.4, -0.2) is 52.5 Å². The van der Waals surface area contributed by atoms with E-state index in [1.807, 2.05) is 20.8 Å². The van der Waals surface area contributed by atoms with E-state index in [0.29, 0.717) is 19.5 Å². The molecule has 0 aromatic carbocycles. The Morgan fingerprint density at radius 1 is 1.37 bits per heavy atom. The lowest BCUT2D eigenvalue weighted by Crippen LogP contribution is -2.49. The zero-order valence-corrected chi connectivity index (χ0v) is 16.9. The van der Waals surface area contributed by atoms with E-state index in [2.05, 4.69) is 10.4 Å². The Labute approximate surface area is 160 Å². The summed E-state index contributed by atoms with van der Waals surface area (Å²) in [5, 5.41) is 6.99. The Morgan fingerprint density at radius 3 is 2.59 bits per heavy atom. The van der Waals surface area contributed by atoms with Gasteiger partial charge in [-0.15, -0.1) is 5.10 Å². The molecule has 0 radical (unpaired) electrons. The molecule has 1 amide bonds. The summed E-state index contributed by atoms with van der Waals surface area (Å²) in [4.78, 5) is 38.7. The van der Waals surface area contributed by atoms with Gasteiger partial charge in [-0.25, -0.2) is 4.79 Å². The summed E-state index contributed by atoms with van der Waals surface area (Å²) in [6.07, 6.45) is 6.32. The van der Waals surface area contributed by atoms with Gasteiger partial charge in [-0.3, -0.25) is 9.59 Å². The number of hydrogen-bond acceptors (Lipinski definition) is 6. The van der Waals surface area contributed by atoms with Gasteiger partial charge < -0.3 is 14.6 Å². The monoisotopic (exact) mass is 380 g/mol. The zero-order valence-electron chi connectivity index (χ0n) is 16.9. The Hall–Kier alpha value is -1.96. The molecule has 1 aliphatic carbocycles. The fourth-order valence-electron chi connectivity index (χ4n) is 3.61. The molecule has 0 bridgehead atoms. The Bertz CT molecular complexity index is 683. The van der Waals surface area contributed by atoms with Gasteiger partial charge in [0.25, 0.3) is 5.89 Å². The number of amides is 1. The van der Waals surface area contributed by atoms with Crippen LogP contribution in [-0.2, 0) is 11.3 Å². The molecule has 152 valence electrons. The number of carbonyl (C=O) groups is 2. The number of Topliss-reactive ketones (excluding diaryl/α,β-unsaturated/α-hetero) is 1. The van der Waals surface area contributed by atoms with E-state index >= 15 is 0 Å². The fraction of sp³-hybridized carbons (Fsp3) is 0.789. The number of aromatic nitrogens is 2. The molecule has 1 aromatic rings. The van der Waals surface area contributed by atoms with E-state index in [4.69, 9.17) is 4.42 Å². The van der Waals surface area contributed by atoms with E-state index in [1.54, 1.807) is 11.9 Å². The molecule has 1 aromatic heterocycles. The molecule has 1 aliphatic rings. The highest BCUT2D eigenvalue weighted by Gasteiger charge is 2.37. The van der Waals surface area contributed by atoms with E-state index in [0.717, 1.165) is 43.2 Å². The second-order valence-electron chi connectivity index (χ2n) is 8.49. The first kappa shape index (κ1) is 21.3. The maximum atomic E-state index is 13.2. The Morgan fingerprint density at radius 2 is 2.04 bits per heavy atom. The van der Waals surface area contributed by atoms with Gasteiger partial charge in [0, 0.05) is 12.6 Å². The van der Waals surface area contributed by atoms with Crippen LogP contribution in [0.3, 0.4) is 0 Å². The minimum absolute atomic E-state index is 0.0469. The lowest BCUT2D eigenvalue weighted by Gasteiger charge is -2.38. The number of carbonyl (C=O) groups excluding carboxylic acids is 2. The average Bonchev–Trinajstić information content (AvgIpc) is 3.00. The van der Waals surface area contributed by atoms with Crippen molar-refractivity contribution >= 4 is 12.2 Å². The van der Waals surface area contributed by atoms with Crippen LogP contribution in [0.2, 0.25) is 0 Å². The lowest BCUT2D eigenvalue weighted by atomic mass is 9.84. The molecule has 1 atom stereocenters. The molecule has 27 heavy (non-hydrogen) atoms. The van der Waals surface area contributed by atoms with Crippen LogP contribution in [0.1, 0.15) is 70.0 Å². The van der Waals surface area contributed by atoms with Crippen molar-refractivity contribution in [3.8, 4) is 0 Å². The quantitative estimate of drug-likeness (QED) is 0.518. The molecule has 1 saturated carbocycles. The van der Waals surface area contributed by atoms with Crippen molar-refractivity contribution in [3.05, 3.63) is 16.4 Å². The highest BCUT2D eigenvalue weighted by atomic mass is 16.4. The Kier molecular flexibility index (Phi) is 7.35. The van der Waals surface area contributed by atoms with Crippen molar-refractivity contribution in [1.82, 2.24) is 20.0 Å². The third-order valence-corrected chi connectivity index (χ3v) is 4.98. The number of hydrogen-bond donors (Lipinski definition) is 1. The molecule has 1 fully saturated rings. The molecule has 0 aliphatic heterocycles. The van der Waals surface area contributed by atoms with Gasteiger partial charge in [0.15, 0.2) is 0 Å². The fourth-order valence-corrected chi connectivity index (χ4v) is 3.61. The predicted molar refractivity (Wildman–Crippen MR) is 102 cm³/mol. The molecule has 0 spiro atoms. The highest BCUT2D eigenvalue weighted by molar-refractivity contribution is 5.97. The molecule has 2 rings (SSSR count). The number of ketones is 1. The van der Waals surface area contributed by atoms with Crippen LogP contribution in [0.4, 0.5) is 0 Å². The maximum absolute atomic E-state index is 13.2. The van der Waals surface area contributed by atoms with Crippen LogP contribution in [0.5, 0.6) is 0 Å². The van der Waals surface area contributed by atoms with Gasteiger partial charge in [-0.2, -0.15) is 4.68 Å². The lowest BCUT2D eigenvalue weighted by molar-refractivity contribution is -0.123. The van der Waals surface area contributed by atoms with Crippen LogP contribution in [0.25, 0.3) is 0 Å². The van der Waals surface area contributed by atoms with Crippen molar-refractivity contribution in [1.29, 1.82) is 0 Å². The first-order chi connectivity index (χ1) is 12.8. The van der Waals surface area contributed by atoms with Crippen molar-refractivity contribution in [2.75, 3.05) is 13.6 Å². The summed E-state index contributed by atoms with van der Waals surface area (Å²) in [6.45, 7) is 6.93. The smallest absolute Gasteiger partial charge is 0.384 e. The Balaban J connectivity index is 2.30. The van der Waals surface area contributed by atoms with Crippen molar-refractivity contribution in [2.24, 2.45) is 5.41 Å². The average molecular weight is 380 g/mol. The summed E-state index contributed by atoms with van der Waals surface area (Å²) in [6, 6.07) is -0.632. The van der Waals surface area contributed by atoms with E-state index in [9.17, 15) is 14.4 Å². The summed E-state index contributed by atoms with van der Waals surface area (Å²) in [7, 11) is 1.77.